The van der Waals surface area contributed by atoms with Gasteiger partial charge in [0.2, 0.25) is 5.91 Å². The minimum Gasteiger partial charge on any atom is -0.497 e. The molecule has 5 heteroatoms. The number of ether oxygens (including phenoxy) is 1. The third kappa shape index (κ3) is 3.17. The zero-order valence-corrected chi connectivity index (χ0v) is 12.8. The molecule has 1 aliphatic heterocycles. The number of anilines is 1. The van der Waals surface area contributed by atoms with Crippen LogP contribution in [-0.4, -0.2) is 35.9 Å². The Kier molecular flexibility index (Phi) is 4.83. The van der Waals surface area contributed by atoms with Crippen molar-refractivity contribution in [2.45, 2.75) is 45.2 Å². The smallest absolute Gasteiger partial charge is 0.252 e. The number of nitrogens with zero attached hydrogens (tertiary/aromatic N) is 1. The lowest BCUT2D eigenvalue weighted by Gasteiger charge is -2.24. The first kappa shape index (κ1) is 15.4. The Morgan fingerprint density at radius 2 is 2.05 bits per heavy atom. The van der Waals surface area contributed by atoms with Gasteiger partial charge >= 0.3 is 0 Å². The van der Waals surface area contributed by atoms with Crippen molar-refractivity contribution in [1.82, 2.24) is 4.90 Å². The van der Waals surface area contributed by atoms with Crippen LogP contribution in [0.5, 0.6) is 5.75 Å². The van der Waals surface area contributed by atoms with Crippen molar-refractivity contribution in [1.29, 1.82) is 0 Å². The largest absolute Gasteiger partial charge is 0.497 e. The van der Waals surface area contributed by atoms with E-state index in [1.807, 2.05) is 38.1 Å². The predicted octanol–water partition coefficient (Wildman–Crippen LogP) is 2.42. The molecular weight excluding hydrogens is 268 g/mol. The third-order valence-corrected chi connectivity index (χ3v) is 3.90. The highest BCUT2D eigenvalue weighted by molar-refractivity contribution is 6.07. The standard InChI is InChI=1S/C16H22N2O3/c1-4-12(5-2)18-15(19)10-14(16(18)20)17-11-7-6-8-13(9-11)21-3/h6-9,12,14,17H,4-5,10H2,1-3H3. The van der Waals surface area contributed by atoms with Crippen LogP contribution in [0.4, 0.5) is 5.69 Å². The maximum Gasteiger partial charge on any atom is 0.252 e. The number of hydrogen-bond acceptors (Lipinski definition) is 4. The Bertz CT molecular complexity index is 526. The van der Waals surface area contributed by atoms with Gasteiger partial charge in [-0.3, -0.25) is 14.5 Å². The number of amides is 2. The molecule has 0 saturated carbocycles. The fourth-order valence-electron chi connectivity index (χ4n) is 2.72. The zero-order chi connectivity index (χ0) is 15.4. The summed E-state index contributed by atoms with van der Waals surface area (Å²) in [6.07, 6.45) is 1.80. The van der Waals surface area contributed by atoms with Crippen molar-refractivity contribution in [3.8, 4) is 5.75 Å². The van der Waals surface area contributed by atoms with E-state index in [2.05, 4.69) is 5.32 Å². The summed E-state index contributed by atoms with van der Waals surface area (Å²) >= 11 is 0. The van der Waals surface area contributed by atoms with Crippen molar-refractivity contribution >= 4 is 17.5 Å². The molecule has 0 aliphatic carbocycles. The fourth-order valence-corrected chi connectivity index (χ4v) is 2.72. The number of likely N-dealkylation sites (tertiary alicyclic amines) is 1. The number of nitrogens with one attached hydrogen (secondary N) is 1. The molecule has 1 aliphatic rings. The molecule has 0 spiro atoms. The molecule has 0 bridgehead atoms. The summed E-state index contributed by atoms with van der Waals surface area (Å²) < 4.78 is 5.16. The summed E-state index contributed by atoms with van der Waals surface area (Å²) in [4.78, 5) is 26.0. The Hall–Kier alpha value is -2.04. The van der Waals surface area contributed by atoms with Crippen LogP contribution in [-0.2, 0) is 9.59 Å². The molecule has 2 amide bonds. The number of carbonyl (C=O) groups is 2. The Balaban J connectivity index is 2.11. The van der Waals surface area contributed by atoms with E-state index in [4.69, 9.17) is 4.74 Å². The Labute approximate surface area is 125 Å². The topological polar surface area (TPSA) is 58.6 Å². The van der Waals surface area contributed by atoms with Gasteiger partial charge in [0.05, 0.1) is 13.5 Å². The lowest BCUT2D eigenvalue weighted by molar-refractivity contribution is -0.141. The predicted molar refractivity (Wildman–Crippen MR) is 81.2 cm³/mol. The Morgan fingerprint density at radius 3 is 2.67 bits per heavy atom. The normalized spacial score (nSPS) is 18.5. The number of carbonyl (C=O) groups excluding carboxylic acids is 2. The van der Waals surface area contributed by atoms with Crippen molar-refractivity contribution < 1.29 is 14.3 Å². The van der Waals surface area contributed by atoms with Crippen LogP contribution in [0.3, 0.4) is 0 Å². The van der Waals surface area contributed by atoms with E-state index in [1.54, 1.807) is 7.11 Å². The van der Waals surface area contributed by atoms with Crippen molar-refractivity contribution in [2.24, 2.45) is 0 Å². The first-order chi connectivity index (χ1) is 10.1. The van der Waals surface area contributed by atoms with E-state index in [0.717, 1.165) is 18.5 Å². The van der Waals surface area contributed by atoms with Gasteiger partial charge in [0.25, 0.3) is 5.91 Å². The maximum absolute atomic E-state index is 12.4. The molecule has 2 rings (SSSR count). The van der Waals surface area contributed by atoms with E-state index >= 15 is 0 Å². The lowest BCUT2D eigenvalue weighted by atomic mass is 10.1. The molecule has 1 aromatic rings. The maximum atomic E-state index is 12.4. The van der Waals surface area contributed by atoms with Crippen molar-refractivity contribution in [2.75, 3.05) is 12.4 Å². The van der Waals surface area contributed by atoms with E-state index in [0.29, 0.717) is 5.75 Å². The van der Waals surface area contributed by atoms with Gasteiger partial charge in [0, 0.05) is 17.8 Å². The molecule has 5 nitrogen and oxygen atoms in total. The fraction of sp³-hybridized carbons (Fsp3) is 0.500. The van der Waals surface area contributed by atoms with E-state index < -0.39 is 6.04 Å². The van der Waals surface area contributed by atoms with Crippen molar-refractivity contribution in [3.05, 3.63) is 24.3 Å². The van der Waals surface area contributed by atoms with Gasteiger partial charge in [0.15, 0.2) is 0 Å². The Morgan fingerprint density at radius 1 is 1.33 bits per heavy atom. The van der Waals surface area contributed by atoms with Gasteiger partial charge < -0.3 is 10.1 Å². The van der Waals surface area contributed by atoms with Gasteiger partial charge in [0.1, 0.15) is 11.8 Å². The van der Waals surface area contributed by atoms with Crippen LogP contribution in [0.15, 0.2) is 24.3 Å². The number of hydrogen-bond donors (Lipinski definition) is 1. The number of imide groups is 1. The molecule has 114 valence electrons. The van der Waals surface area contributed by atoms with Gasteiger partial charge in [-0.2, -0.15) is 0 Å². The van der Waals surface area contributed by atoms with Crippen molar-refractivity contribution in [3.63, 3.8) is 0 Å². The van der Waals surface area contributed by atoms with Gasteiger partial charge in [-0.15, -0.1) is 0 Å². The van der Waals surface area contributed by atoms with Gasteiger partial charge in [-0.1, -0.05) is 19.9 Å². The van der Waals surface area contributed by atoms with E-state index in [1.165, 1.54) is 4.90 Å². The molecule has 1 saturated heterocycles. The lowest BCUT2D eigenvalue weighted by Crippen LogP contribution is -2.41. The molecule has 1 heterocycles. The highest BCUT2D eigenvalue weighted by Crippen LogP contribution is 2.24. The number of benzene rings is 1. The van der Waals surface area contributed by atoms with Crippen LogP contribution < -0.4 is 10.1 Å². The molecule has 21 heavy (non-hydrogen) atoms. The molecule has 0 radical (unpaired) electrons. The SMILES string of the molecule is CCC(CC)N1C(=O)CC(Nc2cccc(OC)c2)C1=O. The highest BCUT2D eigenvalue weighted by atomic mass is 16.5. The summed E-state index contributed by atoms with van der Waals surface area (Å²) in [6.45, 7) is 4.00. The van der Waals surface area contributed by atoms with Crippen LogP contribution >= 0.6 is 0 Å². The van der Waals surface area contributed by atoms with E-state index in [9.17, 15) is 9.59 Å². The highest BCUT2D eigenvalue weighted by Gasteiger charge is 2.41. The summed E-state index contributed by atoms with van der Waals surface area (Å²) in [5, 5.41) is 3.14. The van der Waals surface area contributed by atoms with Gasteiger partial charge in [-0.25, -0.2) is 0 Å². The van der Waals surface area contributed by atoms with E-state index in [-0.39, 0.29) is 24.3 Å². The first-order valence-corrected chi connectivity index (χ1v) is 7.37. The second-order valence-electron chi connectivity index (χ2n) is 5.21. The minimum atomic E-state index is -0.481. The molecule has 1 aromatic carbocycles. The second-order valence-corrected chi connectivity index (χ2v) is 5.21. The average molecular weight is 290 g/mol. The summed E-state index contributed by atoms with van der Waals surface area (Å²) in [5.41, 5.74) is 0.784. The monoisotopic (exact) mass is 290 g/mol. The summed E-state index contributed by atoms with van der Waals surface area (Å²) in [5.74, 6) is 0.499. The molecule has 0 aromatic heterocycles. The van der Waals surface area contributed by atoms with Crippen LogP contribution in [0.25, 0.3) is 0 Å². The van der Waals surface area contributed by atoms with Crippen LogP contribution in [0.2, 0.25) is 0 Å². The summed E-state index contributed by atoms with van der Waals surface area (Å²) in [7, 11) is 1.60. The van der Waals surface area contributed by atoms with Crippen LogP contribution in [0.1, 0.15) is 33.1 Å². The first-order valence-electron chi connectivity index (χ1n) is 7.37. The third-order valence-electron chi connectivity index (χ3n) is 3.90. The van der Waals surface area contributed by atoms with Gasteiger partial charge in [-0.05, 0) is 25.0 Å². The minimum absolute atomic E-state index is 0.00195. The molecular formula is C16H22N2O3. The zero-order valence-electron chi connectivity index (χ0n) is 12.8. The quantitative estimate of drug-likeness (QED) is 0.817. The molecule has 1 fully saturated rings. The number of rotatable bonds is 6. The average Bonchev–Trinajstić information content (AvgIpc) is 2.76. The van der Waals surface area contributed by atoms with Crippen LogP contribution in [0, 0.1) is 0 Å². The molecule has 1 N–H and O–H groups in total. The second kappa shape index (κ2) is 6.61. The number of methoxy groups -OCH3 is 1. The summed E-state index contributed by atoms with van der Waals surface area (Å²) in [6, 6.07) is 6.88. The molecule has 1 atom stereocenters. The molecule has 1 unspecified atom stereocenters.